The van der Waals surface area contributed by atoms with E-state index >= 15 is 0 Å². The minimum absolute atomic E-state index is 0.102. The van der Waals surface area contributed by atoms with Crippen LogP contribution in [0.15, 0.2) is 48.5 Å². The van der Waals surface area contributed by atoms with Gasteiger partial charge in [0.05, 0.1) is 13.2 Å². The zero-order valence-electron chi connectivity index (χ0n) is 21.9. The van der Waals surface area contributed by atoms with Crippen molar-refractivity contribution < 1.29 is 23.5 Å². The topological polar surface area (TPSA) is 99.8 Å². The molecular formula is C28H35Cl2FN4O4. The van der Waals surface area contributed by atoms with Gasteiger partial charge in [-0.1, -0.05) is 24.3 Å². The van der Waals surface area contributed by atoms with Gasteiger partial charge >= 0.3 is 5.97 Å². The first kappa shape index (κ1) is 30.7. The van der Waals surface area contributed by atoms with Crippen molar-refractivity contribution in [3.8, 4) is 0 Å². The number of amides is 2. The maximum Gasteiger partial charge on any atom is 0.328 e. The molecule has 3 rings (SSSR count). The van der Waals surface area contributed by atoms with Crippen LogP contribution < -0.4 is 20.9 Å². The van der Waals surface area contributed by atoms with Gasteiger partial charge in [-0.05, 0) is 54.8 Å². The number of hydrogen-bond donors (Lipinski definition) is 3. The monoisotopic (exact) mass is 580 g/mol. The van der Waals surface area contributed by atoms with Gasteiger partial charge in [0.1, 0.15) is 17.9 Å². The van der Waals surface area contributed by atoms with Crippen molar-refractivity contribution in [1.82, 2.24) is 16.0 Å². The Morgan fingerprint density at radius 2 is 1.72 bits per heavy atom. The number of alkyl halides is 2. The third-order valence-electron chi connectivity index (χ3n) is 6.59. The minimum Gasteiger partial charge on any atom is -0.467 e. The number of benzene rings is 2. The first-order valence-electron chi connectivity index (χ1n) is 13.0. The van der Waals surface area contributed by atoms with Crippen LogP contribution in [0.1, 0.15) is 24.0 Å². The summed E-state index contributed by atoms with van der Waals surface area (Å²) in [7, 11) is 1.23. The maximum absolute atomic E-state index is 13.5. The average molecular weight is 582 g/mol. The SMILES string of the molecule is COC(=O)C(Cc1ccc(F)cc1)NC(=O)C(Cc1cccc(N(CCCl)CCCl)c1)NC(=O)C1CCCN1. The number of esters is 1. The highest BCUT2D eigenvalue weighted by Crippen LogP contribution is 2.18. The lowest BCUT2D eigenvalue weighted by Crippen LogP contribution is -2.55. The molecule has 0 aliphatic carbocycles. The molecule has 0 aromatic heterocycles. The van der Waals surface area contributed by atoms with Crippen LogP contribution in [0.4, 0.5) is 10.1 Å². The predicted octanol–water partition coefficient (Wildman–Crippen LogP) is 2.79. The fourth-order valence-electron chi connectivity index (χ4n) is 4.54. The van der Waals surface area contributed by atoms with E-state index in [4.69, 9.17) is 27.9 Å². The van der Waals surface area contributed by atoms with Crippen LogP contribution >= 0.6 is 23.2 Å². The largest absolute Gasteiger partial charge is 0.467 e. The molecule has 3 unspecified atom stereocenters. The maximum atomic E-state index is 13.5. The predicted molar refractivity (Wildman–Crippen MR) is 151 cm³/mol. The van der Waals surface area contributed by atoms with E-state index in [1.165, 1.54) is 19.2 Å². The number of ether oxygens (including phenoxy) is 1. The van der Waals surface area contributed by atoms with Crippen LogP contribution in [-0.4, -0.2) is 74.4 Å². The molecule has 1 fully saturated rings. The van der Waals surface area contributed by atoms with Crippen LogP contribution in [0.3, 0.4) is 0 Å². The minimum atomic E-state index is -1.02. The molecule has 39 heavy (non-hydrogen) atoms. The first-order chi connectivity index (χ1) is 18.8. The molecule has 1 saturated heterocycles. The number of halogens is 3. The summed E-state index contributed by atoms with van der Waals surface area (Å²) in [5, 5.41) is 8.75. The molecule has 2 aromatic carbocycles. The molecule has 2 aromatic rings. The van der Waals surface area contributed by atoms with Crippen molar-refractivity contribution in [2.45, 2.75) is 43.8 Å². The van der Waals surface area contributed by atoms with Crippen molar-refractivity contribution in [1.29, 1.82) is 0 Å². The molecule has 1 heterocycles. The summed E-state index contributed by atoms with van der Waals surface area (Å²) in [6, 6.07) is 10.9. The molecular weight excluding hydrogens is 546 g/mol. The lowest BCUT2D eigenvalue weighted by atomic mass is 10.0. The van der Waals surface area contributed by atoms with Crippen LogP contribution in [0.2, 0.25) is 0 Å². The number of carbonyl (C=O) groups excluding carboxylic acids is 3. The third kappa shape index (κ3) is 9.37. The summed E-state index contributed by atoms with van der Waals surface area (Å²) in [4.78, 5) is 41.1. The molecule has 8 nitrogen and oxygen atoms in total. The zero-order valence-corrected chi connectivity index (χ0v) is 23.4. The number of carbonyl (C=O) groups is 3. The van der Waals surface area contributed by atoms with Crippen molar-refractivity contribution in [3.63, 3.8) is 0 Å². The standard InChI is InChI=1S/C28H35Cl2FN4O4/c1-39-28(38)25(17-19-7-9-21(31)10-8-19)34-27(37)24(33-26(36)23-6-3-13-32-23)18-20-4-2-5-22(16-20)35(14-11-29)15-12-30/h2,4-5,7-10,16,23-25,32H,3,6,11-15,17-18H2,1H3,(H,33,36)(H,34,37). The molecule has 1 aliphatic rings. The van der Waals surface area contributed by atoms with Gasteiger partial charge in [0.2, 0.25) is 11.8 Å². The number of nitrogens with zero attached hydrogens (tertiary/aromatic N) is 1. The van der Waals surface area contributed by atoms with Crippen molar-refractivity contribution in [2.24, 2.45) is 0 Å². The van der Waals surface area contributed by atoms with Gasteiger partial charge in [-0.2, -0.15) is 0 Å². The quantitative estimate of drug-likeness (QED) is 0.235. The number of methoxy groups -OCH3 is 1. The Balaban J connectivity index is 1.82. The van der Waals surface area contributed by atoms with Gasteiger partial charge < -0.3 is 25.6 Å². The molecule has 2 amide bonds. The lowest BCUT2D eigenvalue weighted by Gasteiger charge is -2.25. The highest BCUT2D eigenvalue weighted by Gasteiger charge is 2.30. The second kappa shape index (κ2) is 15.6. The smallest absolute Gasteiger partial charge is 0.328 e. The van der Waals surface area contributed by atoms with Gasteiger partial charge in [-0.3, -0.25) is 9.59 Å². The van der Waals surface area contributed by atoms with Crippen LogP contribution in [-0.2, 0) is 32.0 Å². The van der Waals surface area contributed by atoms with E-state index in [2.05, 4.69) is 20.9 Å². The zero-order chi connectivity index (χ0) is 28.2. The fraction of sp³-hybridized carbons (Fsp3) is 0.464. The number of rotatable bonds is 14. The average Bonchev–Trinajstić information content (AvgIpc) is 3.48. The van der Waals surface area contributed by atoms with E-state index in [9.17, 15) is 18.8 Å². The van der Waals surface area contributed by atoms with Crippen molar-refractivity contribution in [3.05, 3.63) is 65.5 Å². The van der Waals surface area contributed by atoms with E-state index in [1.807, 2.05) is 24.3 Å². The van der Waals surface area contributed by atoms with E-state index < -0.39 is 29.8 Å². The van der Waals surface area contributed by atoms with Gasteiger partial charge in [0, 0.05) is 43.4 Å². The number of hydrogen-bond acceptors (Lipinski definition) is 6. The molecule has 212 valence electrons. The molecule has 3 atom stereocenters. The highest BCUT2D eigenvalue weighted by atomic mass is 35.5. The molecule has 3 N–H and O–H groups in total. The van der Waals surface area contributed by atoms with Gasteiger partial charge in [0.15, 0.2) is 0 Å². The van der Waals surface area contributed by atoms with Gasteiger partial charge in [0.25, 0.3) is 0 Å². The second-order valence-electron chi connectivity index (χ2n) is 9.36. The van der Waals surface area contributed by atoms with Crippen LogP contribution in [0.25, 0.3) is 0 Å². The van der Waals surface area contributed by atoms with Crippen molar-refractivity contribution >= 4 is 46.7 Å². The molecule has 0 bridgehead atoms. The third-order valence-corrected chi connectivity index (χ3v) is 6.93. The van der Waals surface area contributed by atoms with Crippen LogP contribution in [0, 0.1) is 5.82 Å². The van der Waals surface area contributed by atoms with E-state index in [0.29, 0.717) is 36.8 Å². The summed E-state index contributed by atoms with van der Waals surface area (Å²) in [5.74, 6) is -0.988. The second-order valence-corrected chi connectivity index (χ2v) is 10.1. The Morgan fingerprint density at radius 3 is 2.33 bits per heavy atom. The van der Waals surface area contributed by atoms with Gasteiger partial charge in [-0.15, -0.1) is 23.2 Å². The molecule has 11 heteroatoms. The Hall–Kier alpha value is -2.88. The summed E-state index contributed by atoms with van der Waals surface area (Å²) in [5.41, 5.74) is 2.37. The fourth-order valence-corrected chi connectivity index (χ4v) is 4.95. The molecule has 0 spiro atoms. The Labute approximate surface area is 238 Å². The lowest BCUT2D eigenvalue weighted by molar-refractivity contribution is -0.145. The molecule has 0 radical (unpaired) electrons. The van der Waals surface area contributed by atoms with Gasteiger partial charge in [-0.25, -0.2) is 9.18 Å². The first-order valence-corrected chi connectivity index (χ1v) is 14.0. The number of anilines is 1. The highest BCUT2D eigenvalue weighted by molar-refractivity contribution is 6.18. The normalized spacial score (nSPS) is 16.3. The molecule has 0 saturated carbocycles. The summed E-state index contributed by atoms with van der Waals surface area (Å²) in [6.07, 6.45) is 1.84. The summed E-state index contributed by atoms with van der Waals surface area (Å²) >= 11 is 11.9. The van der Waals surface area contributed by atoms with E-state index in [0.717, 1.165) is 24.2 Å². The summed E-state index contributed by atoms with van der Waals surface area (Å²) in [6.45, 7) is 1.95. The molecule has 1 aliphatic heterocycles. The van der Waals surface area contributed by atoms with E-state index in [-0.39, 0.29) is 24.8 Å². The Kier molecular flexibility index (Phi) is 12.3. The van der Waals surface area contributed by atoms with Crippen LogP contribution in [0.5, 0.6) is 0 Å². The summed E-state index contributed by atoms with van der Waals surface area (Å²) < 4.78 is 18.3. The van der Waals surface area contributed by atoms with Crippen molar-refractivity contribution in [2.75, 3.05) is 43.4 Å². The Bertz CT molecular complexity index is 1090. The Morgan fingerprint density at radius 1 is 1.03 bits per heavy atom. The number of nitrogens with one attached hydrogen (secondary N) is 3. The van der Waals surface area contributed by atoms with E-state index in [1.54, 1.807) is 12.1 Å².